The maximum absolute atomic E-state index is 13.5. The van der Waals surface area contributed by atoms with Gasteiger partial charge in [0.05, 0.1) is 24.1 Å². The predicted molar refractivity (Wildman–Crippen MR) is 126 cm³/mol. The molecule has 1 heterocycles. The predicted octanol–water partition coefficient (Wildman–Crippen LogP) is 4.04. The maximum atomic E-state index is 13.5. The third-order valence-electron chi connectivity index (χ3n) is 6.03. The van der Waals surface area contributed by atoms with Crippen molar-refractivity contribution in [2.45, 2.75) is 13.0 Å². The lowest BCUT2D eigenvalue weighted by molar-refractivity contribution is -0.117. The molecule has 3 aromatic carbocycles. The van der Waals surface area contributed by atoms with Gasteiger partial charge in [0.25, 0.3) is 0 Å². The molecule has 0 fully saturated rings. The highest BCUT2D eigenvalue weighted by molar-refractivity contribution is 6.16. The molecule has 172 valence electrons. The highest BCUT2D eigenvalue weighted by atomic mass is 19.1. The number of fused-ring (bicyclic) bond motifs is 3. The summed E-state index contributed by atoms with van der Waals surface area (Å²) in [4.78, 5) is 26.3. The molecule has 5 rings (SSSR count). The lowest BCUT2D eigenvalue weighted by atomic mass is 9.98. The van der Waals surface area contributed by atoms with E-state index in [4.69, 9.17) is 0 Å². The minimum absolute atomic E-state index is 0.0322. The molecule has 1 amide bonds. The Bertz CT molecular complexity index is 1490. The van der Waals surface area contributed by atoms with Crippen molar-refractivity contribution in [3.63, 3.8) is 0 Å². The first kappa shape index (κ1) is 22.2. The van der Waals surface area contributed by atoms with Crippen molar-refractivity contribution in [2.24, 2.45) is 5.92 Å². The molecule has 35 heavy (non-hydrogen) atoms. The van der Waals surface area contributed by atoms with Crippen LogP contribution < -0.4 is 5.32 Å². The second kappa shape index (κ2) is 8.97. The van der Waals surface area contributed by atoms with E-state index in [2.05, 4.69) is 10.4 Å². The van der Waals surface area contributed by atoms with Crippen molar-refractivity contribution < 1.29 is 19.1 Å². The Labute approximate surface area is 200 Å². The fourth-order valence-corrected chi connectivity index (χ4v) is 4.36. The van der Waals surface area contributed by atoms with Crippen LogP contribution in [0.1, 0.15) is 27.2 Å². The summed E-state index contributed by atoms with van der Waals surface area (Å²) in [6.45, 7) is -0.156. The number of Topliss-reactive ketones (excluding diaryl/α,β-unsaturated/α-hetero) is 1. The third-order valence-corrected chi connectivity index (χ3v) is 6.03. The number of halogens is 1. The van der Waals surface area contributed by atoms with E-state index in [0.29, 0.717) is 23.4 Å². The average Bonchev–Trinajstić information content (AvgIpc) is 3.44. The number of para-hydroxylation sites is 1. The number of aliphatic hydroxyl groups is 1. The summed E-state index contributed by atoms with van der Waals surface area (Å²) < 4.78 is 14.8. The third kappa shape index (κ3) is 3.88. The topological polar surface area (TPSA) is 108 Å². The van der Waals surface area contributed by atoms with E-state index in [-0.39, 0.29) is 18.0 Å². The number of anilines is 1. The number of carbonyl (C=O) groups is 2. The molecular formula is C27H19FN4O3. The molecule has 8 heteroatoms. The molecule has 0 saturated carbocycles. The molecule has 0 spiro atoms. The molecule has 1 aliphatic carbocycles. The van der Waals surface area contributed by atoms with E-state index in [1.165, 1.54) is 24.3 Å². The van der Waals surface area contributed by atoms with Crippen LogP contribution in [-0.2, 0) is 17.8 Å². The Morgan fingerprint density at radius 1 is 1.06 bits per heavy atom. The molecule has 0 radical (unpaired) electrons. The van der Waals surface area contributed by atoms with Gasteiger partial charge in [0.1, 0.15) is 11.5 Å². The van der Waals surface area contributed by atoms with Crippen LogP contribution in [0.25, 0.3) is 16.9 Å². The number of nitrogens with one attached hydrogen (secondary N) is 1. The Morgan fingerprint density at radius 3 is 2.49 bits per heavy atom. The Balaban J connectivity index is 1.57. The highest BCUT2D eigenvalue weighted by Crippen LogP contribution is 2.41. The van der Waals surface area contributed by atoms with E-state index in [1.54, 1.807) is 10.8 Å². The molecule has 1 aliphatic rings. The van der Waals surface area contributed by atoms with Crippen LogP contribution in [0.2, 0.25) is 0 Å². The van der Waals surface area contributed by atoms with Crippen molar-refractivity contribution in [1.29, 1.82) is 5.26 Å². The Morgan fingerprint density at radius 2 is 1.80 bits per heavy atom. The van der Waals surface area contributed by atoms with E-state index >= 15 is 0 Å². The molecule has 0 aliphatic heterocycles. The molecule has 1 unspecified atom stereocenters. The molecule has 2 N–H and O–H groups in total. The fourth-order valence-electron chi connectivity index (χ4n) is 4.36. The summed E-state index contributed by atoms with van der Waals surface area (Å²) in [5, 5.41) is 26.6. The number of nitriles is 1. The van der Waals surface area contributed by atoms with Gasteiger partial charge < -0.3 is 10.4 Å². The van der Waals surface area contributed by atoms with Crippen molar-refractivity contribution in [3.05, 3.63) is 101 Å². The number of aliphatic hydroxyl groups excluding tert-OH is 1. The number of nitrogens with zero attached hydrogens (tertiary/aromatic N) is 3. The number of hydrogen-bond acceptors (Lipinski definition) is 5. The molecule has 1 atom stereocenters. The summed E-state index contributed by atoms with van der Waals surface area (Å²) >= 11 is 0. The van der Waals surface area contributed by atoms with E-state index in [0.717, 1.165) is 16.7 Å². The van der Waals surface area contributed by atoms with Crippen molar-refractivity contribution in [3.8, 4) is 23.0 Å². The van der Waals surface area contributed by atoms with Gasteiger partial charge in [-0.3, -0.25) is 9.59 Å². The van der Waals surface area contributed by atoms with Crippen molar-refractivity contribution in [2.75, 3.05) is 5.32 Å². The smallest absolute Gasteiger partial charge is 0.249 e. The fraction of sp³-hybridized carbons (Fsp3) is 0.111. The second-order valence-electron chi connectivity index (χ2n) is 8.12. The standard InChI is InChI=1S/C27H19FN4O3/c28-17-9-11-18(12-10-17)30-27(35)23(14-29)26(34)24-22-13-21-16(15-33)5-4-8-20(21)25(22)32(31-24)19-6-2-1-3-7-19/h1-12,23,33H,13,15H2,(H,30,35). The van der Waals surface area contributed by atoms with Crippen LogP contribution in [0.3, 0.4) is 0 Å². The molecule has 4 aromatic rings. The number of carbonyl (C=O) groups excluding carboxylic acids is 2. The van der Waals surface area contributed by atoms with Crippen LogP contribution in [0.5, 0.6) is 0 Å². The molecule has 0 bridgehead atoms. The number of amides is 1. The SMILES string of the molecule is N#CC(C(=O)Nc1ccc(F)cc1)C(=O)c1nn(-c2ccccc2)c2c1Cc1c(CO)cccc1-2. The number of benzene rings is 3. The van der Waals surface area contributed by atoms with Gasteiger partial charge in [-0.05, 0) is 47.5 Å². The van der Waals surface area contributed by atoms with Gasteiger partial charge in [0.15, 0.2) is 5.92 Å². The number of aromatic nitrogens is 2. The first-order valence-electron chi connectivity index (χ1n) is 10.9. The highest BCUT2D eigenvalue weighted by Gasteiger charge is 2.37. The first-order chi connectivity index (χ1) is 17.0. The zero-order chi connectivity index (χ0) is 24.5. The first-order valence-corrected chi connectivity index (χ1v) is 10.9. The van der Waals surface area contributed by atoms with Crippen LogP contribution in [0, 0.1) is 23.1 Å². The largest absolute Gasteiger partial charge is 0.392 e. The minimum Gasteiger partial charge on any atom is -0.392 e. The van der Waals surface area contributed by atoms with E-state index in [9.17, 15) is 24.3 Å². The zero-order valence-electron chi connectivity index (χ0n) is 18.4. The van der Waals surface area contributed by atoms with E-state index in [1.807, 2.05) is 48.5 Å². The van der Waals surface area contributed by atoms with Gasteiger partial charge in [-0.25, -0.2) is 9.07 Å². The van der Waals surface area contributed by atoms with Gasteiger partial charge in [0.2, 0.25) is 11.7 Å². The normalized spacial score (nSPS) is 12.4. The van der Waals surface area contributed by atoms with Gasteiger partial charge in [-0.2, -0.15) is 10.4 Å². The van der Waals surface area contributed by atoms with Crippen LogP contribution >= 0.6 is 0 Å². The molecule has 7 nitrogen and oxygen atoms in total. The lowest BCUT2D eigenvalue weighted by Crippen LogP contribution is -2.29. The van der Waals surface area contributed by atoms with Crippen molar-refractivity contribution >= 4 is 17.4 Å². The molecule has 1 aromatic heterocycles. The summed E-state index contributed by atoms with van der Waals surface area (Å²) in [6, 6.07) is 21.6. The van der Waals surface area contributed by atoms with Crippen LogP contribution in [0.15, 0.2) is 72.8 Å². The van der Waals surface area contributed by atoms with Gasteiger partial charge in [-0.1, -0.05) is 36.4 Å². The number of hydrogen-bond donors (Lipinski definition) is 2. The van der Waals surface area contributed by atoms with Gasteiger partial charge >= 0.3 is 0 Å². The summed E-state index contributed by atoms with van der Waals surface area (Å²) in [5.41, 5.74) is 4.77. The Hall–Kier alpha value is -4.61. The number of rotatable bonds is 6. The summed E-state index contributed by atoms with van der Waals surface area (Å²) in [6.07, 6.45) is 0.340. The second-order valence-corrected chi connectivity index (χ2v) is 8.12. The Kier molecular flexibility index (Phi) is 5.69. The molecule has 0 saturated heterocycles. The van der Waals surface area contributed by atoms with Crippen molar-refractivity contribution in [1.82, 2.24) is 9.78 Å². The van der Waals surface area contributed by atoms with Crippen LogP contribution in [-0.4, -0.2) is 26.6 Å². The quantitative estimate of drug-likeness (QED) is 0.290. The maximum Gasteiger partial charge on any atom is 0.249 e. The van der Waals surface area contributed by atoms with Gasteiger partial charge in [-0.15, -0.1) is 0 Å². The lowest BCUT2D eigenvalue weighted by Gasteiger charge is -2.11. The molecular weight excluding hydrogens is 447 g/mol. The van der Waals surface area contributed by atoms with Crippen LogP contribution in [0.4, 0.5) is 10.1 Å². The minimum atomic E-state index is -1.65. The zero-order valence-corrected chi connectivity index (χ0v) is 18.4. The van der Waals surface area contributed by atoms with Gasteiger partial charge in [0, 0.05) is 23.2 Å². The summed E-state index contributed by atoms with van der Waals surface area (Å²) in [5.74, 6) is -3.67. The monoisotopic (exact) mass is 466 g/mol. The average molecular weight is 466 g/mol. The summed E-state index contributed by atoms with van der Waals surface area (Å²) in [7, 11) is 0. The number of ketones is 1. The van der Waals surface area contributed by atoms with E-state index < -0.39 is 23.4 Å².